The predicted molar refractivity (Wildman–Crippen MR) is 80.0 cm³/mol. The van der Waals surface area contributed by atoms with Crippen LogP contribution < -0.4 is 15.2 Å². The third-order valence-corrected chi connectivity index (χ3v) is 4.63. The fourth-order valence-electron chi connectivity index (χ4n) is 3.23. The molecular formula is C15H22ClNO3. The number of benzene rings is 1. The van der Waals surface area contributed by atoms with Crippen molar-refractivity contribution in [2.45, 2.75) is 37.5 Å². The molecular weight excluding hydrogens is 278 g/mol. The van der Waals surface area contributed by atoms with Crippen LogP contribution in [0.3, 0.4) is 0 Å². The van der Waals surface area contributed by atoms with Crippen LogP contribution in [0.4, 0.5) is 0 Å². The molecule has 0 bridgehead atoms. The standard InChI is InChI=1S/C15H22ClNO3/c1-19-11-8-10(16)12(13(18)14(11)20-2)15(9-17)6-4-3-5-7-15/h8,18H,3-7,9,17H2,1-2H3. The van der Waals surface area contributed by atoms with Crippen LogP contribution in [0.15, 0.2) is 6.07 Å². The van der Waals surface area contributed by atoms with Crippen molar-refractivity contribution in [3.63, 3.8) is 0 Å². The second-order valence-electron chi connectivity index (χ2n) is 5.36. The molecule has 5 heteroatoms. The molecule has 0 radical (unpaired) electrons. The Kier molecular flexibility index (Phi) is 4.66. The van der Waals surface area contributed by atoms with Gasteiger partial charge in [0.15, 0.2) is 11.5 Å². The number of halogens is 1. The summed E-state index contributed by atoms with van der Waals surface area (Å²) in [6.07, 6.45) is 5.27. The molecule has 0 aliphatic heterocycles. The van der Waals surface area contributed by atoms with Gasteiger partial charge in [-0.1, -0.05) is 30.9 Å². The molecule has 1 aliphatic carbocycles. The maximum Gasteiger partial charge on any atom is 0.203 e. The van der Waals surface area contributed by atoms with Crippen LogP contribution in [0.1, 0.15) is 37.7 Å². The third-order valence-electron chi connectivity index (χ3n) is 4.33. The fraction of sp³-hybridized carbons (Fsp3) is 0.600. The summed E-state index contributed by atoms with van der Waals surface area (Å²) in [5.41, 5.74) is 6.47. The van der Waals surface area contributed by atoms with Crippen LogP contribution >= 0.6 is 11.6 Å². The van der Waals surface area contributed by atoms with E-state index in [1.54, 1.807) is 6.07 Å². The van der Waals surface area contributed by atoms with E-state index >= 15 is 0 Å². The first-order valence-corrected chi connectivity index (χ1v) is 7.31. The number of hydrogen-bond acceptors (Lipinski definition) is 4. The maximum absolute atomic E-state index is 10.6. The van der Waals surface area contributed by atoms with Gasteiger partial charge >= 0.3 is 0 Å². The van der Waals surface area contributed by atoms with E-state index in [0.29, 0.717) is 28.6 Å². The summed E-state index contributed by atoms with van der Waals surface area (Å²) in [5.74, 6) is 0.816. The predicted octanol–water partition coefficient (Wildman–Crippen LogP) is 3.22. The molecule has 0 aromatic heterocycles. The Morgan fingerprint density at radius 3 is 2.40 bits per heavy atom. The van der Waals surface area contributed by atoms with Crippen LogP contribution in [-0.4, -0.2) is 25.9 Å². The van der Waals surface area contributed by atoms with Gasteiger partial charge in [-0.05, 0) is 12.8 Å². The minimum atomic E-state index is -0.265. The molecule has 1 saturated carbocycles. The van der Waals surface area contributed by atoms with Gasteiger partial charge in [0.05, 0.1) is 19.2 Å². The minimum Gasteiger partial charge on any atom is -0.504 e. The van der Waals surface area contributed by atoms with Gasteiger partial charge in [-0.25, -0.2) is 0 Å². The number of ether oxygens (including phenoxy) is 2. The molecule has 0 unspecified atom stereocenters. The van der Waals surface area contributed by atoms with Crippen molar-refractivity contribution < 1.29 is 14.6 Å². The van der Waals surface area contributed by atoms with E-state index in [1.807, 2.05) is 0 Å². The van der Waals surface area contributed by atoms with Crippen LogP contribution in [0.25, 0.3) is 0 Å². The van der Waals surface area contributed by atoms with Crippen LogP contribution in [0, 0.1) is 0 Å². The number of rotatable bonds is 4. The summed E-state index contributed by atoms with van der Waals surface area (Å²) in [6.45, 7) is 0.468. The summed E-state index contributed by atoms with van der Waals surface area (Å²) < 4.78 is 10.5. The molecule has 0 amide bonds. The highest BCUT2D eigenvalue weighted by atomic mass is 35.5. The fourth-order valence-corrected chi connectivity index (χ4v) is 3.62. The Balaban J connectivity index is 2.60. The van der Waals surface area contributed by atoms with Crippen molar-refractivity contribution in [3.8, 4) is 17.2 Å². The Morgan fingerprint density at radius 2 is 1.90 bits per heavy atom. The van der Waals surface area contributed by atoms with E-state index < -0.39 is 0 Å². The number of phenolic OH excluding ortho intramolecular Hbond substituents is 1. The zero-order valence-electron chi connectivity index (χ0n) is 12.0. The lowest BCUT2D eigenvalue weighted by Gasteiger charge is -2.38. The molecule has 0 spiro atoms. The first kappa shape index (κ1) is 15.3. The number of aromatic hydroxyl groups is 1. The monoisotopic (exact) mass is 299 g/mol. The Labute approximate surface area is 124 Å². The zero-order valence-corrected chi connectivity index (χ0v) is 12.8. The van der Waals surface area contributed by atoms with Gasteiger partial charge in [-0.15, -0.1) is 0 Å². The SMILES string of the molecule is COc1cc(Cl)c(C2(CN)CCCCC2)c(O)c1OC. The van der Waals surface area contributed by atoms with Gasteiger partial charge in [0.1, 0.15) is 0 Å². The Morgan fingerprint density at radius 1 is 1.25 bits per heavy atom. The van der Waals surface area contributed by atoms with Crippen molar-refractivity contribution in [1.29, 1.82) is 0 Å². The molecule has 1 aromatic carbocycles. The van der Waals surface area contributed by atoms with E-state index in [-0.39, 0.29) is 11.2 Å². The first-order valence-electron chi connectivity index (χ1n) is 6.93. The third kappa shape index (κ3) is 2.42. The molecule has 0 saturated heterocycles. The van der Waals surface area contributed by atoms with Crippen LogP contribution in [0.2, 0.25) is 5.02 Å². The van der Waals surface area contributed by atoms with E-state index in [0.717, 1.165) is 25.7 Å². The summed E-state index contributed by atoms with van der Waals surface area (Å²) in [5, 5.41) is 11.1. The Bertz CT molecular complexity index is 484. The molecule has 20 heavy (non-hydrogen) atoms. The van der Waals surface area contributed by atoms with Gasteiger partial charge in [0.2, 0.25) is 5.75 Å². The quantitative estimate of drug-likeness (QED) is 0.896. The van der Waals surface area contributed by atoms with Crippen molar-refractivity contribution in [1.82, 2.24) is 0 Å². The number of phenols is 1. The number of nitrogens with two attached hydrogens (primary N) is 1. The van der Waals surface area contributed by atoms with Crippen molar-refractivity contribution in [2.24, 2.45) is 5.73 Å². The maximum atomic E-state index is 10.6. The summed E-state index contributed by atoms with van der Waals surface area (Å²) >= 11 is 6.39. The van der Waals surface area contributed by atoms with Gasteiger partial charge in [-0.2, -0.15) is 0 Å². The van der Waals surface area contributed by atoms with E-state index in [4.69, 9.17) is 26.8 Å². The summed E-state index contributed by atoms with van der Waals surface area (Å²) in [7, 11) is 3.03. The molecule has 1 aliphatic rings. The van der Waals surface area contributed by atoms with Gasteiger partial charge in [-0.3, -0.25) is 0 Å². The highest BCUT2D eigenvalue weighted by Crippen LogP contribution is 2.51. The molecule has 2 rings (SSSR count). The lowest BCUT2D eigenvalue weighted by molar-refractivity contribution is 0.281. The number of methoxy groups -OCH3 is 2. The van der Waals surface area contributed by atoms with E-state index in [2.05, 4.69) is 0 Å². The molecule has 3 N–H and O–H groups in total. The average molecular weight is 300 g/mol. The van der Waals surface area contributed by atoms with E-state index in [9.17, 15) is 5.11 Å². The molecule has 1 aromatic rings. The summed E-state index contributed by atoms with van der Waals surface area (Å²) in [4.78, 5) is 0. The Hall–Kier alpha value is -1.13. The summed E-state index contributed by atoms with van der Waals surface area (Å²) in [6, 6.07) is 1.70. The van der Waals surface area contributed by atoms with Gasteiger partial charge < -0.3 is 20.3 Å². The zero-order chi connectivity index (χ0) is 14.8. The second kappa shape index (κ2) is 6.10. The highest BCUT2D eigenvalue weighted by Gasteiger charge is 2.38. The molecule has 112 valence electrons. The molecule has 0 atom stereocenters. The number of hydrogen-bond donors (Lipinski definition) is 2. The van der Waals surface area contributed by atoms with Gasteiger partial charge in [0, 0.05) is 23.6 Å². The van der Waals surface area contributed by atoms with Crippen LogP contribution in [-0.2, 0) is 5.41 Å². The smallest absolute Gasteiger partial charge is 0.203 e. The lowest BCUT2D eigenvalue weighted by atomic mass is 9.69. The van der Waals surface area contributed by atoms with Crippen molar-refractivity contribution in [3.05, 3.63) is 16.7 Å². The van der Waals surface area contributed by atoms with E-state index in [1.165, 1.54) is 20.6 Å². The van der Waals surface area contributed by atoms with Gasteiger partial charge in [0.25, 0.3) is 0 Å². The van der Waals surface area contributed by atoms with Crippen LogP contribution in [0.5, 0.6) is 17.2 Å². The van der Waals surface area contributed by atoms with Crippen molar-refractivity contribution >= 4 is 11.6 Å². The first-order chi connectivity index (χ1) is 9.59. The molecule has 4 nitrogen and oxygen atoms in total. The largest absolute Gasteiger partial charge is 0.504 e. The average Bonchev–Trinajstić information content (AvgIpc) is 2.47. The minimum absolute atomic E-state index is 0.0594. The molecule has 0 heterocycles. The second-order valence-corrected chi connectivity index (χ2v) is 5.77. The normalized spacial score (nSPS) is 17.8. The topological polar surface area (TPSA) is 64.7 Å². The lowest BCUT2D eigenvalue weighted by Crippen LogP contribution is -2.37. The van der Waals surface area contributed by atoms with Crippen molar-refractivity contribution in [2.75, 3.05) is 20.8 Å². The highest BCUT2D eigenvalue weighted by molar-refractivity contribution is 6.32. The molecule has 1 fully saturated rings.